The zero-order valence-corrected chi connectivity index (χ0v) is 16.4. The Morgan fingerprint density at radius 2 is 1.69 bits per heavy atom. The number of nitrogens with one attached hydrogen (secondary N) is 1. The van der Waals surface area contributed by atoms with Crippen molar-refractivity contribution in [2.75, 3.05) is 6.54 Å². The van der Waals surface area contributed by atoms with Gasteiger partial charge in [-0.1, -0.05) is 32.0 Å². The van der Waals surface area contributed by atoms with Crippen molar-refractivity contribution in [2.24, 2.45) is 0 Å². The number of nitrogens with zero attached hydrogens (tertiary/aromatic N) is 1. The molecule has 2 aromatic rings. The van der Waals surface area contributed by atoms with Crippen molar-refractivity contribution in [2.45, 2.75) is 52.6 Å². The maximum Gasteiger partial charge on any atom is 0.407 e. The third kappa shape index (κ3) is 6.06. The van der Waals surface area contributed by atoms with Crippen LogP contribution in [0.25, 0.3) is 0 Å². The number of aryl methyl sites for hydroxylation is 1. The van der Waals surface area contributed by atoms with E-state index in [4.69, 9.17) is 9.47 Å². The molecule has 1 amide bonds. The third-order valence-corrected chi connectivity index (χ3v) is 3.82. The molecule has 1 aromatic carbocycles. The molecule has 0 bridgehead atoms. The Kier molecular flexibility index (Phi) is 5.90. The highest BCUT2D eigenvalue weighted by atomic mass is 16.6. The van der Waals surface area contributed by atoms with Gasteiger partial charge in [0.05, 0.1) is 0 Å². The number of pyridine rings is 1. The van der Waals surface area contributed by atoms with Gasteiger partial charge < -0.3 is 14.8 Å². The van der Waals surface area contributed by atoms with Gasteiger partial charge in [-0.15, -0.1) is 0 Å². The largest absolute Gasteiger partial charge is 0.444 e. The molecule has 0 fully saturated rings. The average molecular weight is 356 g/mol. The van der Waals surface area contributed by atoms with Gasteiger partial charge in [-0.3, -0.25) is 0 Å². The van der Waals surface area contributed by atoms with Crippen LogP contribution in [0.5, 0.6) is 11.6 Å². The van der Waals surface area contributed by atoms with Crippen molar-refractivity contribution < 1.29 is 14.3 Å². The number of hydrogen-bond acceptors (Lipinski definition) is 4. The second kappa shape index (κ2) is 7.77. The van der Waals surface area contributed by atoms with E-state index in [2.05, 4.69) is 24.1 Å². The zero-order valence-electron chi connectivity index (χ0n) is 16.4. The van der Waals surface area contributed by atoms with Crippen molar-refractivity contribution in [3.05, 3.63) is 53.7 Å². The highest BCUT2D eigenvalue weighted by Gasteiger charge is 2.23. The van der Waals surface area contributed by atoms with Crippen molar-refractivity contribution in [3.8, 4) is 11.6 Å². The molecule has 1 aromatic heterocycles. The minimum Gasteiger partial charge on any atom is -0.444 e. The number of rotatable bonds is 5. The smallest absolute Gasteiger partial charge is 0.407 e. The predicted octanol–water partition coefficient (Wildman–Crippen LogP) is 4.98. The zero-order chi connectivity index (χ0) is 19.4. The molecule has 0 saturated carbocycles. The topological polar surface area (TPSA) is 60.5 Å². The quantitative estimate of drug-likeness (QED) is 0.820. The van der Waals surface area contributed by atoms with E-state index in [0.717, 1.165) is 16.9 Å². The first-order valence-corrected chi connectivity index (χ1v) is 8.73. The number of aromatic nitrogens is 1. The van der Waals surface area contributed by atoms with Crippen molar-refractivity contribution in [1.82, 2.24) is 10.3 Å². The predicted molar refractivity (Wildman–Crippen MR) is 103 cm³/mol. The molecular formula is C21H28N2O3. The average Bonchev–Trinajstić information content (AvgIpc) is 2.54. The number of hydrogen-bond donors (Lipinski definition) is 1. The summed E-state index contributed by atoms with van der Waals surface area (Å²) in [7, 11) is 0. The number of carbonyl (C=O) groups is 1. The Bertz CT molecular complexity index is 729. The molecule has 5 nitrogen and oxygen atoms in total. The van der Waals surface area contributed by atoms with Gasteiger partial charge >= 0.3 is 6.09 Å². The summed E-state index contributed by atoms with van der Waals surface area (Å²) in [5.74, 6) is 1.29. The maximum atomic E-state index is 11.9. The Labute approximate surface area is 155 Å². The summed E-state index contributed by atoms with van der Waals surface area (Å²) in [4.78, 5) is 16.1. The Balaban J connectivity index is 1.97. The highest BCUT2D eigenvalue weighted by Crippen LogP contribution is 2.26. The van der Waals surface area contributed by atoms with Crippen molar-refractivity contribution >= 4 is 6.09 Å². The van der Waals surface area contributed by atoms with Crippen LogP contribution in [0.3, 0.4) is 0 Å². The summed E-state index contributed by atoms with van der Waals surface area (Å²) in [6, 6.07) is 11.6. The van der Waals surface area contributed by atoms with Crippen LogP contribution >= 0.6 is 0 Å². The van der Waals surface area contributed by atoms with E-state index < -0.39 is 11.7 Å². The van der Waals surface area contributed by atoms with Crippen LogP contribution in [-0.4, -0.2) is 23.2 Å². The lowest BCUT2D eigenvalue weighted by atomic mass is 9.84. The van der Waals surface area contributed by atoms with E-state index >= 15 is 0 Å². The lowest BCUT2D eigenvalue weighted by Crippen LogP contribution is -2.39. The lowest BCUT2D eigenvalue weighted by Gasteiger charge is -2.27. The molecule has 26 heavy (non-hydrogen) atoms. The molecule has 5 heteroatoms. The van der Waals surface area contributed by atoms with Gasteiger partial charge in [0.2, 0.25) is 5.88 Å². The monoisotopic (exact) mass is 356 g/mol. The number of ether oxygens (including phenoxy) is 2. The second-order valence-electron chi connectivity index (χ2n) is 8.04. The summed E-state index contributed by atoms with van der Waals surface area (Å²) < 4.78 is 11.0. The fourth-order valence-electron chi connectivity index (χ4n) is 2.32. The first kappa shape index (κ1) is 19.8. The number of benzene rings is 1. The summed E-state index contributed by atoms with van der Waals surface area (Å²) in [5, 5.41) is 2.84. The van der Waals surface area contributed by atoms with Gasteiger partial charge in [0, 0.05) is 24.2 Å². The first-order valence-electron chi connectivity index (χ1n) is 8.73. The molecule has 0 aliphatic rings. The van der Waals surface area contributed by atoms with Gasteiger partial charge in [-0.05, 0) is 51.0 Å². The Morgan fingerprint density at radius 3 is 2.23 bits per heavy atom. The number of amides is 1. The molecule has 1 N–H and O–H groups in total. The Hall–Kier alpha value is -2.56. The first-order chi connectivity index (χ1) is 12.0. The van der Waals surface area contributed by atoms with Crippen LogP contribution in [0.2, 0.25) is 0 Å². The van der Waals surface area contributed by atoms with E-state index in [1.807, 2.05) is 64.1 Å². The third-order valence-electron chi connectivity index (χ3n) is 3.82. The lowest BCUT2D eigenvalue weighted by molar-refractivity contribution is 0.0517. The molecular weight excluding hydrogens is 328 g/mol. The number of alkyl carbamates (subject to hydrolysis) is 1. The maximum absolute atomic E-state index is 11.9. The standard InChI is InChI=1S/C21H28N2O3/c1-15-7-12-18(22-13-15)25-17-10-8-16(9-11-17)21(5,6)14-23-19(24)26-20(2,3)4/h7-13H,14H2,1-6H3,(H,23,24). The molecule has 2 rings (SSSR count). The van der Waals surface area contributed by atoms with E-state index in [1.54, 1.807) is 6.20 Å². The normalized spacial score (nSPS) is 11.8. The summed E-state index contributed by atoms with van der Waals surface area (Å²) in [5.41, 5.74) is 1.44. The second-order valence-corrected chi connectivity index (χ2v) is 8.04. The minimum atomic E-state index is -0.503. The van der Waals surface area contributed by atoms with Crippen molar-refractivity contribution in [3.63, 3.8) is 0 Å². The fraction of sp³-hybridized carbons (Fsp3) is 0.429. The van der Waals surface area contributed by atoms with Gasteiger partial charge in [0.15, 0.2) is 0 Å². The molecule has 0 aliphatic heterocycles. The van der Waals surface area contributed by atoms with E-state index in [-0.39, 0.29) is 5.41 Å². The highest BCUT2D eigenvalue weighted by molar-refractivity contribution is 5.67. The van der Waals surface area contributed by atoms with Crippen molar-refractivity contribution in [1.29, 1.82) is 0 Å². The summed E-state index contributed by atoms with van der Waals surface area (Å²) in [6.45, 7) is 12.1. The van der Waals surface area contributed by atoms with Gasteiger partial charge in [-0.25, -0.2) is 9.78 Å². The van der Waals surface area contributed by atoms with Crippen LogP contribution in [0.4, 0.5) is 4.79 Å². The van der Waals surface area contributed by atoms with E-state index in [9.17, 15) is 4.79 Å². The van der Waals surface area contributed by atoms with Crippen LogP contribution in [0, 0.1) is 6.92 Å². The number of carbonyl (C=O) groups excluding carboxylic acids is 1. The molecule has 0 aliphatic carbocycles. The molecule has 140 valence electrons. The fourth-order valence-corrected chi connectivity index (χ4v) is 2.32. The van der Waals surface area contributed by atoms with Gasteiger partial charge in [0.25, 0.3) is 0 Å². The SMILES string of the molecule is Cc1ccc(Oc2ccc(C(C)(C)CNC(=O)OC(C)(C)C)cc2)nc1. The molecule has 1 heterocycles. The molecule has 0 radical (unpaired) electrons. The van der Waals surface area contributed by atoms with Gasteiger partial charge in [0.1, 0.15) is 11.4 Å². The van der Waals surface area contributed by atoms with Crippen LogP contribution in [-0.2, 0) is 10.2 Å². The summed E-state index contributed by atoms with van der Waals surface area (Å²) >= 11 is 0. The van der Waals surface area contributed by atoms with Crippen LogP contribution in [0.1, 0.15) is 45.7 Å². The van der Waals surface area contributed by atoms with E-state index in [0.29, 0.717) is 12.4 Å². The van der Waals surface area contributed by atoms with Crippen LogP contribution < -0.4 is 10.1 Å². The molecule has 0 atom stereocenters. The Morgan fingerprint density at radius 1 is 1.04 bits per heavy atom. The summed E-state index contributed by atoms with van der Waals surface area (Å²) in [6.07, 6.45) is 1.37. The molecule has 0 saturated heterocycles. The van der Waals surface area contributed by atoms with Gasteiger partial charge in [-0.2, -0.15) is 0 Å². The molecule has 0 spiro atoms. The van der Waals surface area contributed by atoms with E-state index in [1.165, 1.54) is 0 Å². The van der Waals surface area contributed by atoms with Crippen LogP contribution in [0.15, 0.2) is 42.6 Å². The molecule has 0 unspecified atom stereocenters. The minimum absolute atomic E-state index is 0.239.